The SMILES string of the molecule is C1CC[C@H]2[C@@H](C1)C21CC12[C@H]1CCCC[C@@H]12. The second-order valence-corrected chi connectivity index (χ2v) is 7.25. The van der Waals surface area contributed by atoms with Crippen LogP contribution >= 0.6 is 0 Å². The average Bonchev–Trinajstić information content (AvgIpc) is 3.23. The van der Waals surface area contributed by atoms with E-state index in [9.17, 15) is 0 Å². The zero-order valence-electron chi connectivity index (χ0n) is 9.67. The van der Waals surface area contributed by atoms with Gasteiger partial charge in [-0.3, -0.25) is 0 Å². The molecule has 0 radical (unpaired) electrons. The topological polar surface area (TPSA) is 0 Å². The first-order valence-electron chi connectivity index (χ1n) is 7.41. The van der Waals surface area contributed by atoms with Gasteiger partial charge in [0.25, 0.3) is 0 Å². The number of rotatable bonds is 0. The molecule has 5 fully saturated rings. The van der Waals surface area contributed by atoms with E-state index in [1.807, 2.05) is 0 Å². The maximum absolute atomic E-state index is 1.70. The van der Waals surface area contributed by atoms with Gasteiger partial charge in [0.1, 0.15) is 0 Å². The van der Waals surface area contributed by atoms with E-state index in [0.29, 0.717) is 0 Å². The molecule has 5 saturated carbocycles. The summed E-state index contributed by atoms with van der Waals surface area (Å²) in [6.45, 7) is 0. The Bertz CT molecular complexity index is 273. The highest BCUT2D eigenvalue weighted by atomic mass is 15.0. The Morgan fingerprint density at radius 3 is 1.20 bits per heavy atom. The van der Waals surface area contributed by atoms with Crippen molar-refractivity contribution in [3.63, 3.8) is 0 Å². The quantitative estimate of drug-likeness (QED) is 0.557. The molecule has 0 amide bonds. The van der Waals surface area contributed by atoms with Gasteiger partial charge in [0.2, 0.25) is 0 Å². The van der Waals surface area contributed by atoms with Crippen LogP contribution in [0, 0.1) is 34.5 Å². The zero-order valence-corrected chi connectivity index (χ0v) is 9.67. The molecule has 0 aromatic heterocycles. The molecule has 0 saturated heterocycles. The Hall–Kier alpha value is 0. The standard InChI is InChI=1S/C15H22/c1-2-6-11-10(5-1)14(11)9-15(14)12-7-3-4-8-13(12)15/h10-13H,1-9H2/t10-,11-,12-,13+,15?/m0/s1. The van der Waals surface area contributed by atoms with Crippen LogP contribution in [0.1, 0.15) is 57.8 Å². The lowest BCUT2D eigenvalue weighted by Gasteiger charge is -2.04. The van der Waals surface area contributed by atoms with E-state index < -0.39 is 0 Å². The van der Waals surface area contributed by atoms with Crippen molar-refractivity contribution < 1.29 is 0 Å². The first-order chi connectivity index (χ1) is 7.41. The highest BCUT2D eigenvalue weighted by Gasteiger charge is 2.94. The molecule has 0 N–H and O–H groups in total. The van der Waals surface area contributed by atoms with Crippen molar-refractivity contribution in [2.45, 2.75) is 57.8 Å². The third kappa shape index (κ3) is 0.666. The van der Waals surface area contributed by atoms with Crippen LogP contribution < -0.4 is 0 Å². The van der Waals surface area contributed by atoms with Gasteiger partial charge >= 0.3 is 0 Å². The molecule has 5 rings (SSSR count). The Kier molecular flexibility index (Phi) is 1.18. The fourth-order valence-corrected chi connectivity index (χ4v) is 6.85. The molecule has 15 heavy (non-hydrogen) atoms. The smallest absolute Gasteiger partial charge is 0.0167 e. The lowest BCUT2D eigenvalue weighted by molar-refractivity contribution is 0.480. The summed E-state index contributed by atoms with van der Waals surface area (Å²) in [6.07, 6.45) is 14.4. The van der Waals surface area contributed by atoms with Gasteiger partial charge in [-0.15, -0.1) is 0 Å². The van der Waals surface area contributed by atoms with Crippen molar-refractivity contribution in [3.8, 4) is 0 Å². The van der Waals surface area contributed by atoms with Gasteiger partial charge in [0, 0.05) is 0 Å². The molecule has 5 atom stereocenters. The van der Waals surface area contributed by atoms with Crippen LogP contribution in [-0.2, 0) is 0 Å². The van der Waals surface area contributed by atoms with Gasteiger partial charge in [-0.2, -0.15) is 0 Å². The molecule has 0 aromatic rings. The normalized spacial score (nSPS) is 68.8. The first kappa shape index (κ1) is 8.14. The summed E-state index contributed by atoms with van der Waals surface area (Å²) in [7, 11) is 0. The van der Waals surface area contributed by atoms with E-state index >= 15 is 0 Å². The molecule has 0 aromatic carbocycles. The largest absolute Gasteiger partial charge is 0.0530 e. The molecule has 82 valence electrons. The summed E-state index contributed by atoms with van der Waals surface area (Å²) in [4.78, 5) is 0. The third-order valence-electron chi connectivity index (χ3n) is 7.29. The molecule has 5 aliphatic rings. The second-order valence-electron chi connectivity index (χ2n) is 7.25. The summed E-state index contributed by atoms with van der Waals surface area (Å²) in [6, 6.07) is 0. The van der Waals surface area contributed by atoms with Crippen LogP contribution in [0.4, 0.5) is 0 Å². The minimum absolute atomic E-state index is 0.989. The molecular formula is C15H22. The molecule has 1 unspecified atom stereocenters. The fourth-order valence-electron chi connectivity index (χ4n) is 6.85. The van der Waals surface area contributed by atoms with Gasteiger partial charge in [-0.25, -0.2) is 0 Å². The monoisotopic (exact) mass is 202 g/mol. The molecular weight excluding hydrogens is 180 g/mol. The number of fused-ring (bicyclic) bond motifs is 7. The molecule has 5 aliphatic carbocycles. The van der Waals surface area contributed by atoms with Gasteiger partial charge in [0.05, 0.1) is 0 Å². The third-order valence-corrected chi connectivity index (χ3v) is 7.29. The summed E-state index contributed by atoms with van der Waals surface area (Å²) >= 11 is 0. The molecule has 0 bridgehead atoms. The average molecular weight is 202 g/mol. The van der Waals surface area contributed by atoms with Crippen LogP contribution in [0.5, 0.6) is 0 Å². The number of hydrogen-bond acceptors (Lipinski definition) is 0. The molecule has 0 aliphatic heterocycles. The van der Waals surface area contributed by atoms with Gasteiger partial charge in [0.15, 0.2) is 0 Å². The Labute approximate surface area is 92.8 Å². The molecule has 0 nitrogen and oxygen atoms in total. The summed E-state index contributed by atoms with van der Waals surface area (Å²) in [5.41, 5.74) is 1.98. The van der Waals surface area contributed by atoms with Crippen molar-refractivity contribution in [1.82, 2.24) is 0 Å². The Morgan fingerprint density at radius 1 is 0.533 bits per heavy atom. The summed E-state index contributed by atoms with van der Waals surface area (Å²) in [5.74, 6) is 4.93. The van der Waals surface area contributed by atoms with Gasteiger partial charge in [-0.1, -0.05) is 25.7 Å². The molecule has 0 heterocycles. The van der Waals surface area contributed by atoms with E-state index in [4.69, 9.17) is 0 Å². The lowest BCUT2D eigenvalue weighted by Crippen LogP contribution is -1.91. The van der Waals surface area contributed by atoms with Crippen LogP contribution in [0.15, 0.2) is 0 Å². The van der Waals surface area contributed by atoms with Crippen LogP contribution in [0.25, 0.3) is 0 Å². The van der Waals surface area contributed by atoms with Crippen LogP contribution in [0.3, 0.4) is 0 Å². The highest BCUT2D eigenvalue weighted by molar-refractivity contribution is 5.41. The molecule has 0 heteroatoms. The predicted octanol–water partition coefficient (Wildman–Crippen LogP) is 4.00. The van der Waals surface area contributed by atoms with Crippen molar-refractivity contribution in [1.29, 1.82) is 0 Å². The van der Waals surface area contributed by atoms with Crippen LogP contribution in [-0.4, -0.2) is 0 Å². The zero-order chi connectivity index (χ0) is 9.67. The Morgan fingerprint density at radius 2 is 0.867 bits per heavy atom. The molecule has 2 spiro atoms. The van der Waals surface area contributed by atoms with E-state index in [0.717, 1.165) is 10.8 Å². The van der Waals surface area contributed by atoms with Crippen molar-refractivity contribution in [2.75, 3.05) is 0 Å². The van der Waals surface area contributed by atoms with Crippen molar-refractivity contribution >= 4 is 0 Å². The summed E-state index contributed by atoms with van der Waals surface area (Å²) in [5, 5.41) is 0. The number of hydrogen-bond donors (Lipinski definition) is 0. The van der Waals surface area contributed by atoms with Crippen molar-refractivity contribution in [3.05, 3.63) is 0 Å². The first-order valence-corrected chi connectivity index (χ1v) is 7.41. The van der Waals surface area contributed by atoms with Gasteiger partial charge < -0.3 is 0 Å². The lowest BCUT2D eigenvalue weighted by atomic mass is 10.0. The maximum atomic E-state index is 1.70. The summed E-state index contributed by atoms with van der Waals surface area (Å²) < 4.78 is 0. The minimum atomic E-state index is 0.989. The maximum Gasteiger partial charge on any atom is -0.0167 e. The highest BCUT2D eigenvalue weighted by Crippen LogP contribution is 3.00. The van der Waals surface area contributed by atoms with E-state index in [2.05, 4.69) is 0 Å². The van der Waals surface area contributed by atoms with E-state index in [1.165, 1.54) is 23.7 Å². The van der Waals surface area contributed by atoms with Crippen LogP contribution in [0.2, 0.25) is 0 Å². The Balaban J connectivity index is 1.47. The van der Waals surface area contributed by atoms with Gasteiger partial charge in [-0.05, 0) is 66.6 Å². The second kappa shape index (κ2) is 2.17. The van der Waals surface area contributed by atoms with E-state index in [1.54, 1.807) is 57.8 Å². The predicted molar refractivity (Wildman–Crippen MR) is 60.4 cm³/mol. The van der Waals surface area contributed by atoms with Crippen molar-refractivity contribution in [2.24, 2.45) is 34.5 Å². The fraction of sp³-hybridized carbons (Fsp3) is 1.00. The van der Waals surface area contributed by atoms with E-state index in [-0.39, 0.29) is 0 Å². The minimum Gasteiger partial charge on any atom is -0.0530 e.